The molecule has 0 unspecified atom stereocenters. The molecule has 0 N–H and O–H groups in total. The summed E-state index contributed by atoms with van der Waals surface area (Å²) in [6, 6.07) is 6.45. The fraction of sp³-hybridized carbons (Fsp3) is 0.312. The summed E-state index contributed by atoms with van der Waals surface area (Å²) in [7, 11) is 4.45. The first-order chi connectivity index (χ1) is 11.5. The van der Waals surface area contributed by atoms with Crippen molar-refractivity contribution in [1.82, 2.24) is 9.13 Å². The van der Waals surface area contributed by atoms with Crippen molar-refractivity contribution in [2.24, 2.45) is 0 Å². The van der Waals surface area contributed by atoms with Crippen LogP contribution in [-0.2, 0) is 13.1 Å². The van der Waals surface area contributed by atoms with Crippen LogP contribution in [0.25, 0.3) is 0 Å². The van der Waals surface area contributed by atoms with Gasteiger partial charge in [0, 0.05) is 12.3 Å². The van der Waals surface area contributed by atoms with Crippen LogP contribution in [0.3, 0.4) is 0 Å². The molecule has 2 rings (SSSR count). The molecule has 0 aliphatic carbocycles. The highest BCUT2D eigenvalue weighted by Crippen LogP contribution is 2.38. The van der Waals surface area contributed by atoms with Crippen molar-refractivity contribution in [3.05, 3.63) is 50.8 Å². The van der Waals surface area contributed by atoms with Crippen LogP contribution in [0.1, 0.15) is 5.56 Å². The summed E-state index contributed by atoms with van der Waals surface area (Å²) < 4.78 is 18.0. The van der Waals surface area contributed by atoms with Crippen molar-refractivity contribution in [2.75, 3.05) is 21.3 Å². The van der Waals surface area contributed by atoms with Gasteiger partial charge in [-0.1, -0.05) is 0 Å². The minimum absolute atomic E-state index is 0.0145. The molecule has 0 atom stereocenters. The third-order valence-corrected chi connectivity index (χ3v) is 3.45. The highest BCUT2D eigenvalue weighted by molar-refractivity contribution is 5.53. The number of nitrogens with zero attached hydrogens (tertiary/aromatic N) is 3. The summed E-state index contributed by atoms with van der Waals surface area (Å²) in [4.78, 5) is 24.3. The molecule has 2 aromatic rings. The van der Waals surface area contributed by atoms with Crippen molar-refractivity contribution < 1.29 is 14.2 Å². The standard InChI is InChI=1S/C16H17N3O5/c1-22-12-8-11(9-13(23-2)15(12)24-3)10-19-14(20)4-6-18(7-5-17)16(19)21/h4,6,8-9H,7,10H2,1-3H3. The maximum Gasteiger partial charge on any atom is 0.332 e. The van der Waals surface area contributed by atoms with Gasteiger partial charge in [-0.2, -0.15) is 5.26 Å². The van der Waals surface area contributed by atoms with Crippen LogP contribution >= 0.6 is 0 Å². The number of hydrogen-bond donors (Lipinski definition) is 0. The van der Waals surface area contributed by atoms with E-state index in [0.29, 0.717) is 22.8 Å². The van der Waals surface area contributed by atoms with Crippen molar-refractivity contribution in [2.45, 2.75) is 13.1 Å². The first-order valence-electron chi connectivity index (χ1n) is 7.01. The van der Waals surface area contributed by atoms with Gasteiger partial charge in [0.15, 0.2) is 11.5 Å². The van der Waals surface area contributed by atoms with E-state index in [2.05, 4.69) is 0 Å². The SMILES string of the molecule is COc1cc(Cn2c(=O)ccn(CC#N)c2=O)cc(OC)c1OC. The van der Waals surface area contributed by atoms with Crippen molar-refractivity contribution in [3.63, 3.8) is 0 Å². The normalized spacial score (nSPS) is 10.1. The lowest BCUT2D eigenvalue weighted by atomic mass is 10.1. The Hall–Kier alpha value is -3.21. The van der Waals surface area contributed by atoms with E-state index >= 15 is 0 Å². The molecule has 1 heterocycles. The van der Waals surface area contributed by atoms with Gasteiger partial charge in [-0.3, -0.25) is 13.9 Å². The molecule has 8 nitrogen and oxygen atoms in total. The highest BCUT2D eigenvalue weighted by atomic mass is 16.5. The first-order valence-corrected chi connectivity index (χ1v) is 7.01. The number of ether oxygens (including phenoxy) is 3. The molecule has 0 amide bonds. The van der Waals surface area contributed by atoms with Gasteiger partial charge < -0.3 is 14.2 Å². The highest BCUT2D eigenvalue weighted by Gasteiger charge is 2.14. The minimum Gasteiger partial charge on any atom is -0.493 e. The average Bonchev–Trinajstić information content (AvgIpc) is 2.60. The lowest BCUT2D eigenvalue weighted by Gasteiger charge is -2.14. The summed E-state index contributed by atoms with van der Waals surface area (Å²) in [6.45, 7) is -0.116. The van der Waals surface area contributed by atoms with E-state index in [9.17, 15) is 9.59 Å². The molecule has 0 radical (unpaired) electrons. The number of aromatic nitrogens is 2. The van der Waals surface area contributed by atoms with Gasteiger partial charge in [0.25, 0.3) is 5.56 Å². The molecule has 0 fully saturated rings. The van der Waals surface area contributed by atoms with Crippen LogP contribution in [0.5, 0.6) is 17.2 Å². The van der Waals surface area contributed by atoms with Crippen LogP contribution in [-0.4, -0.2) is 30.5 Å². The van der Waals surface area contributed by atoms with E-state index < -0.39 is 11.2 Å². The zero-order chi connectivity index (χ0) is 17.7. The molecule has 126 valence electrons. The fourth-order valence-corrected chi connectivity index (χ4v) is 2.31. The zero-order valence-corrected chi connectivity index (χ0v) is 13.6. The Morgan fingerprint density at radius 2 is 1.71 bits per heavy atom. The number of methoxy groups -OCH3 is 3. The quantitative estimate of drug-likeness (QED) is 0.769. The Labute approximate surface area is 138 Å². The second-order valence-electron chi connectivity index (χ2n) is 4.84. The third-order valence-electron chi connectivity index (χ3n) is 3.45. The molecule has 8 heteroatoms. The number of hydrogen-bond acceptors (Lipinski definition) is 6. The van der Waals surface area contributed by atoms with E-state index in [0.717, 1.165) is 4.57 Å². The number of nitriles is 1. The van der Waals surface area contributed by atoms with Gasteiger partial charge in [0.05, 0.1) is 33.9 Å². The summed E-state index contributed by atoms with van der Waals surface area (Å²) in [5.41, 5.74) is -0.390. The van der Waals surface area contributed by atoms with Gasteiger partial charge in [-0.25, -0.2) is 4.79 Å². The molecule has 0 bridgehead atoms. The molecule has 0 spiro atoms. The molecular formula is C16H17N3O5. The molecule has 0 aliphatic heterocycles. The molecule has 0 saturated heterocycles. The molecule has 0 saturated carbocycles. The molecule has 1 aromatic carbocycles. The fourth-order valence-electron chi connectivity index (χ4n) is 2.31. The van der Waals surface area contributed by atoms with Crippen molar-refractivity contribution in [3.8, 4) is 23.3 Å². The lowest BCUT2D eigenvalue weighted by Crippen LogP contribution is -2.39. The Morgan fingerprint density at radius 1 is 1.08 bits per heavy atom. The monoisotopic (exact) mass is 331 g/mol. The van der Waals surface area contributed by atoms with Crippen LogP contribution in [0.4, 0.5) is 0 Å². The van der Waals surface area contributed by atoms with E-state index in [1.54, 1.807) is 12.1 Å². The van der Waals surface area contributed by atoms with E-state index in [-0.39, 0.29) is 13.1 Å². The van der Waals surface area contributed by atoms with E-state index in [1.165, 1.54) is 38.2 Å². The summed E-state index contributed by atoms with van der Waals surface area (Å²) >= 11 is 0. The molecular weight excluding hydrogens is 314 g/mol. The first kappa shape index (κ1) is 17.1. The zero-order valence-electron chi connectivity index (χ0n) is 13.6. The summed E-state index contributed by atoms with van der Waals surface area (Å²) in [5, 5.41) is 8.74. The maximum atomic E-state index is 12.3. The summed E-state index contributed by atoms with van der Waals surface area (Å²) in [6.07, 6.45) is 1.31. The van der Waals surface area contributed by atoms with Crippen molar-refractivity contribution in [1.29, 1.82) is 5.26 Å². The smallest absolute Gasteiger partial charge is 0.332 e. The topological polar surface area (TPSA) is 95.5 Å². The predicted octanol–water partition coefficient (Wildman–Crippen LogP) is 0.608. The van der Waals surface area contributed by atoms with Gasteiger partial charge in [-0.15, -0.1) is 0 Å². The van der Waals surface area contributed by atoms with Gasteiger partial charge in [0.2, 0.25) is 5.75 Å². The van der Waals surface area contributed by atoms with Gasteiger partial charge in [0.1, 0.15) is 6.54 Å². The van der Waals surface area contributed by atoms with Crippen LogP contribution < -0.4 is 25.5 Å². The third kappa shape index (κ3) is 3.25. The average molecular weight is 331 g/mol. The lowest BCUT2D eigenvalue weighted by molar-refractivity contribution is 0.323. The van der Waals surface area contributed by atoms with E-state index in [4.69, 9.17) is 19.5 Å². The molecule has 24 heavy (non-hydrogen) atoms. The second kappa shape index (κ2) is 7.37. The minimum atomic E-state index is -0.558. The predicted molar refractivity (Wildman–Crippen MR) is 85.8 cm³/mol. The Balaban J connectivity index is 2.53. The molecule has 1 aromatic heterocycles. The van der Waals surface area contributed by atoms with Crippen molar-refractivity contribution >= 4 is 0 Å². The van der Waals surface area contributed by atoms with Crippen LogP contribution in [0.2, 0.25) is 0 Å². The van der Waals surface area contributed by atoms with Gasteiger partial charge >= 0.3 is 5.69 Å². The molecule has 0 aliphatic rings. The van der Waals surface area contributed by atoms with E-state index in [1.807, 2.05) is 6.07 Å². The number of rotatable bonds is 6. The summed E-state index contributed by atoms with van der Waals surface area (Å²) in [5.74, 6) is 1.27. The largest absolute Gasteiger partial charge is 0.493 e. The van der Waals surface area contributed by atoms with Crippen LogP contribution in [0, 0.1) is 11.3 Å². The van der Waals surface area contributed by atoms with Gasteiger partial charge in [-0.05, 0) is 17.7 Å². The Kier molecular flexibility index (Phi) is 5.27. The second-order valence-corrected chi connectivity index (χ2v) is 4.84. The Morgan fingerprint density at radius 3 is 2.21 bits per heavy atom. The maximum absolute atomic E-state index is 12.3. The van der Waals surface area contributed by atoms with Crippen LogP contribution in [0.15, 0.2) is 34.0 Å². The Bertz CT molecular complexity index is 867. The number of benzene rings is 1.